The summed E-state index contributed by atoms with van der Waals surface area (Å²) >= 11 is 0. The molecule has 0 aliphatic carbocycles. The Kier molecular flexibility index (Phi) is 6.92. The normalized spacial score (nSPS) is 22.7. The number of morpholine rings is 1. The van der Waals surface area contributed by atoms with E-state index in [0.29, 0.717) is 50.7 Å². The Balaban J connectivity index is 1.26. The van der Waals surface area contributed by atoms with Crippen molar-refractivity contribution in [3.8, 4) is 0 Å². The molecule has 1 aromatic heterocycles. The molecule has 186 valence electrons. The maximum atomic E-state index is 13.1. The van der Waals surface area contributed by atoms with Gasteiger partial charge >= 0.3 is 0 Å². The summed E-state index contributed by atoms with van der Waals surface area (Å²) in [5.41, 5.74) is 1.52. The van der Waals surface area contributed by atoms with Gasteiger partial charge in [-0.3, -0.25) is 4.79 Å². The number of benzene rings is 1. The van der Waals surface area contributed by atoms with Crippen molar-refractivity contribution in [1.82, 2.24) is 23.7 Å². The summed E-state index contributed by atoms with van der Waals surface area (Å²) in [5.74, 6) is 1.00. The van der Waals surface area contributed by atoms with Crippen molar-refractivity contribution >= 4 is 27.0 Å². The number of imidazole rings is 1. The summed E-state index contributed by atoms with van der Waals surface area (Å²) < 4.78 is 34.8. The number of rotatable bonds is 7. The first-order valence-corrected chi connectivity index (χ1v) is 13.9. The smallest absolute Gasteiger partial charge is 0.243 e. The van der Waals surface area contributed by atoms with Gasteiger partial charge in [0.2, 0.25) is 15.9 Å². The first-order valence-electron chi connectivity index (χ1n) is 12.5. The highest BCUT2D eigenvalue weighted by molar-refractivity contribution is 7.89. The quantitative estimate of drug-likeness (QED) is 0.587. The van der Waals surface area contributed by atoms with Crippen molar-refractivity contribution in [2.45, 2.75) is 49.5 Å². The summed E-state index contributed by atoms with van der Waals surface area (Å²) in [5, 5.41) is 0. The number of amides is 1. The van der Waals surface area contributed by atoms with Crippen molar-refractivity contribution < 1.29 is 17.9 Å². The Hall–Kier alpha value is -2.01. The molecule has 9 nitrogen and oxygen atoms in total. The molecule has 3 saturated heterocycles. The van der Waals surface area contributed by atoms with E-state index in [-0.39, 0.29) is 10.8 Å². The largest absolute Gasteiger partial charge is 0.379 e. The molecule has 1 aromatic carbocycles. The number of carbonyl (C=O) groups is 1. The molecule has 0 saturated carbocycles. The Morgan fingerprint density at radius 3 is 2.62 bits per heavy atom. The maximum Gasteiger partial charge on any atom is 0.243 e. The van der Waals surface area contributed by atoms with Gasteiger partial charge in [0.05, 0.1) is 29.1 Å². The summed E-state index contributed by atoms with van der Waals surface area (Å²) in [6.45, 7) is 5.72. The van der Waals surface area contributed by atoms with E-state index in [0.717, 1.165) is 50.4 Å². The number of hydrogen-bond donors (Lipinski definition) is 0. The molecule has 0 bridgehead atoms. The average Bonchev–Trinajstić information content (AvgIpc) is 3.60. The molecule has 3 aliphatic rings. The highest BCUT2D eigenvalue weighted by Gasteiger charge is 2.31. The zero-order valence-corrected chi connectivity index (χ0v) is 20.8. The summed E-state index contributed by atoms with van der Waals surface area (Å²) in [4.78, 5) is 22.6. The molecule has 3 aliphatic heterocycles. The van der Waals surface area contributed by atoms with Gasteiger partial charge in [-0.2, -0.15) is 4.31 Å². The number of ether oxygens (including phenoxy) is 1. The first-order chi connectivity index (χ1) is 16.4. The monoisotopic (exact) mass is 489 g/mol. The molecule has 0 radical (unpaired) electrons. The minimum absolute atomic E-state index is 0.198. The van der Waals surface area contributed by atoms with Crippen LogP contribution in [0, 0.1) is 0 Å². The van der Waals surface area contributed by atoms with E-state index in [4.69, 9.17) is 9.72 Å². The molecule has 1 unspecified atom stereocenters. The van der Waals surface area contributed by atoms with Gasteiger partial charge < -0.3 is 19.1 Å². The average molecular weight is 490 g/mol. The minimum Gasteiger partial charge on any atom is -0.379 e. The van der Waals surface area contributed by atoms with E-state index in [1.807, 2.05) is 17.7 Å². The van der Waals surface area contributed by atoms with Crippen LogP contribution in [0.4, 0.5) is 0 Å². The van der Waals surface area contributed by atoms with Crippen LogP contribution in [0.2, 0.25) is 0 Å². The van der Waals surface area contributed by atoms with Crippen LogP contribution in [0.15, 0.2) is 23.1 Å². The van der Waals surface area contributed by atoms with Crippen molar-refractivity contribution in [3.63, 3.8) is 0 Å². The maximum absolute atomic E-state index is 13.1. The zero-order valence-electron chi connectivity index (χ0n) is 20.0. The van der Waals surface area contributed by atoms with Gasteiger partial charge in [-0.05, 0) is 57.0 Å². The fourth-order valence-electron chi connectivity index (χ4n) is 5.53. The van der Waals surface area contributed by atoms with Crippen LogP contribution < -0.4 is 0 Å². The van der Waals surface area contributed by atoms with Gasteiger partial charge in [0.15, 0.2) is 0 Å². The number of hydrogen-bond acceptors (Lipinski definition) is 6. The lowest BCUT2D eigenvalue weighted by molar-refractivity contribution is -0.132. The van der Waals surface area contributed by atoms with E-state index >= 15 is 0 Å². The molecule has 1 atom stereocenters. The zero-order chi connectivity index (χ0) is 23.7. The highest BCUT2D eigenvalue weighted by atomic mass is 32.2. The standard InChI is InChI=1S/C24H35N5O4S/c1-26-22-7-6-20(34(31,32)28-13-15-33-16-14-28)17-21(22)25-23(26)8-9-24(30)29-12-4-5-19(29)18-27-10-2-3-11-27/h6-7,17,19H,2-5,8-16,18H2,1H3. The molecule has 0 spiro atoms. The first kappa shape index (κ1) is 23.7. The van der Waals surface area contributed by atoms with Crippen molar-refractivity contribution in [2.24, 2.45) is 7.05 Å². The van der Waals surface area contributed by atoms with Gasteiger partial charge in [-0.25, -0.2) is 13.4 Å². The molecule has 4 heterocycles. The molecule has 0 N–H and O–H groups in total. The lowest BCUT2D eigenvalue weighted by Crippen LogP contribution is -2.42. The Morgan fingerprint density at radius 2 is 1.85 bits per heavy atom. The Bertz CT molecular complexity index is 1140. The number of carbonyl (C=O) groups excluding carboxylic acids is 1. The number of aryl methyl sites for hydroxylation is 2. The number of likely N-dealkylation sites (tertiary alicyclic amines) is 2. The lowest BCUT2D eigenvalue weighted by atomic mass is 10.2. The fourth-order valence-corrected chi connectivity index (χ4v) is 6.96. The van der Waals surface area contributed by atoms with E-state index in [1.165, 1.54) is 17.1 Å². The van der Waals surface area contributed by atoms with E-state index in [1.54, 1.807) is 12.1 Å². The second-order valence-electron chi connectivity index (χ2n) is 9.64. The highest BCUT2D eigenvalue weighted by Crippen LogP contribution is 2.25. The van der Waals surface area contributed by atoms with Crippen molar-refractivity contribution in [1.29, 1.82) is 0 Å². The van der Waals surface area contributed by atoms with Crippen LogP contribution in [0.25, 0.3) is 11.0 Å². The molecular formula is C24H35N5O4S. The Labute approximate surface area is 201 Å². The Morgan fingerprint density at radius 1 is 1.09 bits per heavy atom. The van der Waals surface area contributed by atoms with Gasteiger partial charge in [0, 0.05) is 52.1 Å². The second-order valence-corrected chi connectivity index (χ2v) is 11.6. The van der Waals surface area contributed by atoms with Crippen LogP contribution in [0.5, 0.6) is 0 Å². The van der Waals surface area contributed by atoms with Crippen molar-refractivity contribution in [2.75, 3.05) is 52.5 Å². The van der Waals surface area contributed by atoms with Crippen LogP contribution in [-0.2, 0) is 33.0 Å². The topological polar surface area (TPSA) is 88.0 Å². The molecule has 1 amide bonds. The molecule has 10 heteroatoms. The molecule has 3 fully saturated rings. The number of aromatic nitrogens is 2. The van der Waals surface area contributed by atoms with E-state index < -0.39 is 10.0 Å². The van der Waals surface area contributed by atoms with E-state index in [2.05, 4.69) is 9.80 Å². The summed E-state index contributed by atoms with van der Waals surface area (Å²) in [7, 11) is -1.64. The molecular weight excluding hydrogens is 454 g/mol. The van der Waals surface area contributed by atoms with Gasteiger partial charge in [-0.15, -0.1) is 0 Å². The molecule has 34 heavy (non-hydrogen) atoms. The number of sulfonamides is 1. The van der Waals surface area contributed by atoms with Gasteiger partial charge in [0.25, 0.3) is 0 Å². The summed E-state index contributed by atoms with van der Waals surface area (Å²) in [6.07, 6.45) is 5.67. The van der Waals surface area contributed by atoms with E-state index in [9.17, 15) is 13.2 Å². The minimum atomic E-state index is -3.57. The van der Waals surface area contributed by atoms with Gasteiger partial charge in [0.1, 0.15) is 5.82 Å². The third kappa shape index (κ3) is 4.73. The third-order valence-electron chi connectivity index (χ3n) is 7.48. The van der Waals surface area contributed by atoms with Crippen LogP contribution in [0.1, 0.15) is 37.9 Å². The molecule has 2 aromatic rings. The van der Waals surface area contributed by atoms with Crippen molar-refractivity contribution in [3.05, 3.63) is 24.0 Å². The third-order valence-corrected chi connectivity index (χ3v) is 9.37. The predicted octanol–water partition coefficient (Wildman–Crippen LogP) is 1.61. The number of nitrogens with zero attached hydrogens (tertiary/aromatic N) is 5. The SMILES string of the molecule is Cn1c(CCC(=O)N2CCCC2CN2CCCC2)nc2cc(S(=O)(=O)N3CCOCC3)ccc21. The fraction of sp³-hybridized carbons (Fsp3) is 0.667. The summed E-state index contributed by atoms with van der Waals surface area (Å²) in [6, 6.07) is 5.45. The second kappa shape index (κ2) is 9.93. The van der Waals surface area contributed by atoms with Gasteiger partial charge in [-0.1, -0.05) is 0 Å². The predicted molar refractivity (Wildman–Crippen MR) is 129 cm³/mol. The van der Waals surface area contributed by atoms with Crippen LogP contribution in [0.3, 0.4) is 0 Å². The number of fused-ring (bicyclic) bond motifs is 1. The van der Waals surface area contributed by atoms with Crippen LogP contribution in [-0.4, -0.2) is 96.5 Å². The molecule has 5 rings (SSSR count). The lowest BCUT2D eigenvalue weighted by Gasteiger charge is -2.28. The van der Waals surface area contributed by atoms with Crippen LogP contribution >= 0.6 is 0 Å².